The molecule has 1 amide bonds. The highest BCUT2D eigenvalue weighted by Gasteiger charge is 2.32. The Morgan fingerprint density at radius 2 is 2.25 bits per heavy atom. The third kappa shape index (κ3) is 3.13. The van der Waals surface area contributed by atoms with E-state index in [1.165, 1.54) is 6.07 Å². The Morgan fingerprint density at radius 3 is 2.90 bits per heavy atom. The molecule has 1 saturated heterocycles. The normalized spacial score (nSPS) is 23.8. The fraction of sp³-hybridized carbons (Fsp3) is 0.533. The van der Waals surface area contributed by atoms with Crippen LogP contribution in [0.25, 0.3) is 0 Å². The van der Waals surface area contributed by atoms with Gasteiger partial charge in [0.25, 0.3) is 0 Å². The maximum absolute atomic E-state index is 13.3. The van der Waals surface area contributed by atoms with Gasteiger partial charge in [0.15, 0.2) is 0 Å². The molecule has 0 aliphatic carbocycles. The molecule has 110 valence electrons. The number of hydrogen-bond donors (Lipinski definition) is 1. The highest BCUT2D eigenvalue weighted by atomic mass is 35.5. The molecule has 0 bridgehead atoms. The van der Waals surface area contributed by atoms with Gasteiger partial charge in [-0.3, -0.25) is 4.79 Å². The molecular weight excluding hydrogens is 279 g/mol. The minimum atomic E-state index is -0.453. The van der Waals surface area contributed by atoms with E-state index in [0.717, 1.165) is 24.8 Å². The van der Waals surface area contributed by atoms with Crippen LogP contribution in [0.15, 0.2) is 18.2 Å². The van der Waals surface area contributed by atoms with E-state index in [2.05, 4.69) is 0 Å². The van der Waals surface area contributed by atoms with Gasteiger partial charge in [-0.25, -0.2) is 4.39 Å². The van der Waals surface area contributed by atoms with Crippen LogP contribution in [-0.4, -0.2) is 23.4 Å². The highest BCUT2D eigenvalue weighted by Crippen LogP contribution is 2.32. The number of carbonyl (C=O) groups excluding carboxylic acids is 1. The summed E-state index contributed by atoms with van der Waals surface area (Å²) in [6.07, 6.45) is 2.97. The monoisotopic (exact) mass is 298 g/mol. The fourth-order valence-electron chi connectivity index (χ4n) is 2.80. The van der Waals surface area contributed by atoms with Crippen molar-refractivity contribution in [2.75, 3.05) is 6.54 Å². The molecule has 0 radical (unpaired) electrons. The van der Waals surface area contributed by atoms with Crippen LogP contribution in [0.5, 0.6) is 0 Å². The number of rotatable bonds is 3. The molecule has 1 aromatic carbocycles. The van der Waals surface area contributed by atoms with Gasteiger partial charge in [-0.05, 0) is 37.0 Å². The summed E-state index contributed by atoms with van der Waals surface area (Å²) in [6, 6.07) is 4.23. The summed E-state index contributed by atoms with van der Waals surface area (Å²) in [4.78, 5) is 14.1. The van der Waals surface area contributed by atoms with Crippen molar-refractivity contribution in [3.05, 3.63) is 34.6 Å². The summed E-state index contributed by atoms with van der Waals surface area (Å²) in [5.74, 6) is -0.337. The minimum absolute atomic E-state index is 0.0721. The third-order valence-corrected chi connectivity index (χ3v) is 4.03. The van der Waals surface area contributed by atoms with Crippen molar-refractivity contribution in [1.29, 1.82) is 0 Å². The van der Waals surface area contributed by atoms with Gasteiger partial charge in [-0.15, -0.1) is 0 Å². The van der Waals surface area contributed by atoms with Gasteiger partial charge in [0.2, 0.25) is 5.91 Å². The van der Waals surface area contributed by atoms with E-state index in [9.17, 15) is 9.18 Å². The smallest absolute Gasteiger partial charge is 0.223 e. The Bertz CT molecular complexity index is 495. The highest BCUT2D eigenvalue weighted by molar-refractivity contribution is 6.30. The second-order valence-corrected chi connectivity index (χ2v) is 5.67. The average Bonchev–Trinajstić information content (AvgIpc) is 2.54. The van der Waals surface area contributed by atoms with E-state index < -0.39 is 5.82 Å². The van der Waals surface area contributed by atoms with Crippen molar-refractivity contribution in [2.24, 2.45) is 5.73 Å². The summed E-state index contributed by atoms with van der Waals surface area (Å²) in [5.41, 5.74) is 7.06. The Balaban J connectivity index is 2.40. The predicted octanol–water partition coefficient (Wildman–Crippen LogP) is 3.27. The summed E-state index contributed by atoms with van der Waals surface area (Å²) >= 11 is 5.86. The summed E-state index contributed by atoms with van der Waals surface area (Å²) in [7, 11) is 0. The standard InChI is InChI=1S/C15H20ClFN2O/c1-2-8-19-14(20)5-3-4-13(18)15(19)10-6-7-12(17)11(16)9-10/h6-7,9,13,15H,2-5,8,18H2,1H3. The zero-order valence-corrected chi connectivity index (χ0v) is 12.4. The molecule has 0 saturated carbocycles. The number of amides is 1. The van der Waals surface area contributed by atoms with Gasteiger partial charge < -0.3 is 10.6 Å². The minimum Gasteiger partial charge on any atom is -0.334 e. The molecule has 1 aliphatic rings. The molecule has 20 heavy (non-hydrogen) atoms. The van der Waals surface area contributed by atoms with Gasteiger partial charge in [0.1, 0.15) is 5.82 Å². The van der Waals surface area contributed by atoms with Crippen LogP contribution in [0.1, 0.15) is 44.2 Å². The largest absolute Gasteiger partial charge is 0.334 e. The maximum atomic E-state index is 13.3. The first-order valence-corrected chi connectivity index (χ1v) is 7.42. The molecule has 0 spiro atoms. The summed E-state index contributed by atoms with van der Waals surface area (Å²) in [6.45, 7) is 2.69. The van der Waals surface area contributed by atoms with E-state index in [0.29, 0.717) is 13.0 Å². The van der Waals surface area contributed by atoms with E-state index in [1.807, 2.05) is 11.8 Å². The predicted molar refractivity (Wildman–Crippen MR) is 78.0 cm³/mol. The maximum Gasteiger partial charge on any atom is 0.223 e. The van der Waals surface area contributed by atoms with Crippen molar-refractivity contribution < 1.29 is 9.18 Å². The molecule has 1 aromatic rings. The van der Waals surface area contributed by atoms with E-state index >= 15 is 0 Å². The van der Waals surface area contributed by atoms with Crippen molar-refractivity contribution >= 4 is 17.5 Å². The SMILES string of the molecule is CCCN1C(=O)CCCC(N)C1c1ccc(F)c(Cl)c1. The van der Waals surface area contributed by atoms with Crippen LogP contribution >= 0.6 is 11.6 Å². The molecule has 2 atom stereocenters. The number of likely N-dealkylation sites (tertiary alicyclic amines) is 1. The Kier molecular flexibility index (Phi) is 5.00. The second-order valence-electron chi connectivity index (χ2n) is 5.26. The number of hydrogen-bond acceptors (Lipinski definition) is 2. The number of benzene rings is 1. The number of nitrogens with two attached hydrogens (primary N) is 1. The Labute approximate surface area is 123 Å². The number of carbonyl (C=O) groups is 1. The molecule has 1 heterocycles. The molecule has 1 aliphatic heterocycles. The summed E-state index contributed by atoms with van der Waals surface area (Å²) in [5, 5.41) is 0.0721. The molecule has 0 aromatic heterocycles. The van der Waals surface area contributed by atoms with Crippen molar-refractivity contribution in [3.63, 3.8) is 0 Å². The average molecular weight is 299 g/mol. The van der Waals surface area contributed by atoms with Crippen LogP contribution in [0.4, 0.5) is 4.39 Å². The lowest BCUT2D eigenvalue weighted by atomic mass is 9.96. The van der Waals surface area contributed by atoms with Crippen molar-refractivity contribution in [2.45, 2.75) is 44.7 Å². The molecular formula is C15H20ClFN2O. The number of halogens is 2. The Morgan fingerprint density at radius 1 is 1.50 bits per heavy atom. The van der Waals surface area contributed by atoms with E-state index in [4.69, 9.17) is 17.3 Å². The van der Waals surface area contributed by atoms with Gasteiger partial charge in [0, 0.05) is 19.0 Å². The van der Waals surface area contributed by atoms with Crippen LogP contribution in [-0.2, 0) is 4.79 Å². The molecule has 2 unspecified atom stereocenters. The lowest BCUT2D eigenvalue weighted by Gasteiger charge is -2.34. The number of nitrogens with zero attached hydrogens (tertiary/aromatic N) is 1. The topological polar surface area (TPSA) is 46.3 Å². The van der Waals surface area contributed by atoms with Gasteiger partial charge >= 0.3 is 0 Å². The molecule has 2 N–H and O–H groups in total. The van der Waals surface area contributed by atoms with Crippen molar-refractivity contribution in [3.8, 4) is 0 Å². The lowest BCUT2D eigenvalue weighted by molar-refractivity contribution is -0.133. The lowest BCUT2D eigenvalue weighted by Crippen LogP contribution is -2.42. The molecule has 1 fully saturated rings. The first kappa shape index (κ1) is 15.3. The zero-order chi connectivity index (χ0) is 14.7. The first-order chi connectivity index (χ1) is 9.54. The molecule has 2 rings (SSSR count). The van der Waals surface area contributed by atoms with Gasteiger partial charge in [-0.2, -0.15) is 0 Å². The first-order valence-electron chi connectivity index (χ1n) is 7.04. The molecule has 3 nitrogen and oxygen atoms in total. The second kappa shape index (κ2) is 6.55. The Hall–Kier alpha value is -1.13. The van der Waals surface area contributed by atoms with Crippen LogP contribution in [0.3, 0.4) is 0 Å². The van der Waals surface area contributed by atoms with Crippen LogP contribution in [0, 0.1) is 5.82 Å². The van der Waals surface area contributed by atoms with Crippen LogP contribution in [0.2, 0.25) is 5.02 Å². The van der Waals surface area contributed by atoms with Gasteiger partial charge in [-0.1, -0.05) is 24.6 Å². The van der Waals surface area contributed by atoms with E-state index in [1.54, 1.807) is 12.1 Å². The van der Waals surface area contributed by atoms with E-state index in [-0.39, 0.29) is 23.0 Å². The van der Waals surface area contributed by atoms with Gasteiger partial charge in [0.05, 0.1) is 11.1 Å². The molecule has 5 heteroatoms. The quantitative estimate of drug-likeness (QED) is 0.931. The fourth-order valence-corrected chi connectivity index (χ4v) is 2.99. The van der Waals surface area contributed by atoms with Crippen molar-refractivity contribution in [1.82, 2.24) is 4.90 Å². The van der Waals surface area contributed by atoms with Crippen LogP contribution < -0.4 is 5.73 Å². The third-order valence-electron chi connectivity index (χ3n) is 3.74. The summed E-state index contributed by atoms with van der Waals surface area (Å²) < 4.78 is 13.3. The zero-order valence-electron chi connectivity index (χ0n) is 11.6.